The van der Waals surface area contributed by atoms with Crippen molar-refractivity contribution in [3.63, 3.8) is 0 Å². The smallest absolute Gasteiger partial charge is 0.218 e. The van der Waals surface area contributed by atoms with Crippen LogP contribution in [-0.2, 0) is 10.3 Å². The Morgan fingerprint density at radius 1 is 0.826 bits per heavy atom. The van der Waals surface area contributed by atoms with Crippen LogP contribution in [0.15, 0.2) is 85.1 Å². The van der Waals surface area contributed by atoms with E-state index in [-0.39, 0.29) is 5.91 Å². The average molecular weight is 302 g/mol. The molecule has 0 fully saturated rings. The molecule has 114 valence electrons. The van der Waals surface area contributed by atoms with E-state index < -0.39 is 5.54 Å². The minimum absolute atomic E-state index is 0.108. The maximum absolute atomic E-state index is 12.0. The number of nitrogens with one attached hydrogen (secondary N) is 1. The van der Waals surface area contributed by atoms with Crippen molar-refractivity contribution in [2.75, 3.05) is 0 Å². The van der Waals surface area contributed by atoms with Crippen LogP contribution < -0.4 is 5.32 Å². The Kier molecular flexibility index (Phi) is 4.20. The topological polar surface area (TPSA) is 42.0 Å². The number of hydrogen-bond donors (Lipinski definition) is 1. The third-order valence-corrected chi connectivity index (χ3v) is 3.83. The molecule has 3 rings (SSSR count). The lowest BCUT2D eigenvalue weighted by Gasteiger charge is -2.35. The number of nitrogens with zero attached hydrogens (tertiary/aromatic N) is 1. The van der Waals surface area contributed by atoms with E-state index in [1.54, 1.807) is 6.20 Å². The second-order valence-corrected chi connectivity index (χ2v) is 5.38. The van der Waals surface area contributed by atoms with Gasteiger partial charge in [0.15, 0.2) is 0 Å². The summed E-state index contributed by atoms with van der Waals surface area (Å²) < 4.78 is 0. The second-order valence-electron chi connectivity index (χ2n) is 5.38. The number of amides is 1. The molecule has 0 saturated heterocycles. The summed E-state index contributed by atoms with van der Waals surface area (Å²) >= 11 is 0. The molecule has 0 aliphatic rings. The van der Waals surface area contributed by atoms with Crippen LogP contribution in [0.3, 0.4) is 0 Å². The average Bonchev–Trinajstić information content (AvgIpc) is 2.62. The maximum atomic E-state index is 12.0. The van der Waals surface area contributed by atoms with Gasteiger partial charge in [0.1, 0.15) is 5.54 Å². The Bertz CT molecular complexity index is 674. The van der Waals surface area contributed by atoms with Gasteiger partial charge in [-0.3, -0.25) is 9.78 Å². The molecule has 1 amide bonds. The minimum atomic E-state index is -0.810. The second kappa shape index (κ2) is 6.44. The van der Waals surface area contributed by atoms with Gasteiger partial charge in [-0.15, -0.1) is 0 Å². The van der Waals surface area contributed by atoms with E-state index >= 15 is 0 Å². The molecule has 23 heavy (non-hydrogen) atoms. The van der Waals surface area contributed by atoms with E-state index in [1.807, 2.05) is 78.9 Å². The first-order valence-electron chi connectivity index (χ1n) is 7.55. The van der Waals surface area contributed by atoms with E-state index in [0.717, 1.165) is 16.8 Å². The third kappa shape index (κ3) is 2.86. The van der Waals surface area contributed by atoms with Crippen molar-refractivity contribution in [1.82, 2.24) is 10.3 Å². The van der Waals surface area contributed by atoms with Crippen LogP contribution in [0, 0.1) is 0 Å². The van der Waals surface area contributed by atoms with E-state index in [2.05, 4.69) is 10.3 Å². The first-order valence-corrected chi connectivity index (χ1v) is 7.55. The molecule has 0 aliphatic heterocycles. The molecular formula is C20H18N2O. The van der Waals surface area contributed by atoms with Crippen molar-refractivity contribution in [1.29, 1.82) is 0 Å². The van der Waals surface area contributed by atoms with Gasteiger partial charge in [0.05, 0.1) is 5.69 Å². The third-order valence-electron chi connectivity index (χ3n) is 3.83. The molecule has 1 heterocycles. The fourth-order valence-corrected chi connectivity index (χ4v) is 2.90. The first-order chi connectivity index (χ1) is 11.2. The van der Waals surface area contributed by atoms with Crippen molar-refractivity contribution in [3.05, 3.63) is 102 Å². The molecule has 2 aromatic carbocycles. The molecule has 3 aromatic rings. The zero-order valence-corrected chi connectivity index (χ0v) is 12.9. The van der Waals surface area contributed by atoms with Crippen molar-refractivity contribution in [2.24, 2.45) is 0 Å². The van der Waals surface area contributed by atoms with Gasteiger partial charge in [0.25, 0.3) is 0 Å². The minimum Gasteiger partial charge on any atom is -0.337 e. The van der Waals surface area contributed by atoms with Crippen molar-refractivity contribution >= 4 is 5.91 Å². The quantitative estimate of drug-likeness (QED) is 0.801. The molecular weight excluding hydrogens is 284 g/mol. The summed E-state index contributed by atoms with van der Waals surface area (Å²) in [6.07, 6.45) is 1.75. The van der Waals surface area contributed by atoms with Crippen LogP contribution >= 0.6 is 0 Å². The number of carbonyl (C=O) groups is 1. The Morgan fingerprint density at radius 2 is 1.35 bits per heavy atom. The van der Waals surface area contributed by atoms with Crippen LogP contribution in [0.1, 0.15) is 23.7 Å². The Hall–Kier alpha value is -2.94. The molecule has 0 bridgehead atoms. The highest BCUT2D eigenvalue weighted by Crippen LogP contribution is 2.35. The number of pyridine rings is 1. The zero-order valence-electron chi connectivity index (χ0n) is 12.9. The number of benzene rings is 2. The molecule has 0 unspecified atom stereocenters. The SMILES string of the molecule is CC(=O)NC(c1ccccc1)(c1ccccc1)c1ccccn1. The lowest BCUT2D eigenvalue weighted by molar-refractivity contribution is -0.120. The molecule has 0 atom stereocenters. The van der Waals surface area contributed by atoms with Gasteiger partial charge in [-0.2, -0.15) is 0 Å². The van der Waals surface area contributed by atoms with Gasteiger partial charge in [-0.1, -0.05) is 66.7 Å². The van der Waals surface area contributed by atoms with Crippen LogP contribution in [0.2, 0.25) is 0 Å². The predicted octanol–water partition coefficient (Wildman–Crippen LogP) is 3.51. The summed E-state index contributed by atoms with van der Waals surface area (Å²) in [5.41, 5.74) is 1.92. The van der Waals surface area contributed by atoms with Crippen molar-refractivity contribution in [2.45, 2.75) is 12.5 Å². The lowest BCUT2D eigenvalue weighted by atomic mass is 9.79. The van der Waals surface area contributed by atoms with Gasteiger partial charge in [0.2, 0.25) is 5.91 Å². The molecule has 3 heteroatoms. The number of aromatic nitrogens is 1. The van der Waals surface area contributed by atoms with Crippen LogP contribution in [0.4, 0.5) is 0 Å². The van der Waals surface area contributed by atoms with E-state index in [0.29, 0.717) is 0 Å². The van der Waals surface area contributed by atoms with Crippen LogP contribution in [0.5, 0.6) is 0 Å². The van der Waals surface area contributed by atoms with Gasteiger partial charge in [-0.25, -0.2) is 0 Å². The number of rotatable bonds is 4. The summed E-state index contributed by atoms with van der Waals surface area (Å²) in [5, 5.41) is 3.14. The Morgan fingerprint density at radius 3 is 1.78 bits per heavy atom. The Balaban J connectivity index is 2.32. The molecule has 0 radical (unpaired) electrons. The summed E-state index contributed by atoms with van der Waals surface area (Å²) in [5.74, 6) is -0.108. The first kappa shape index (κ1) is 15.0. The predicted molar refractivity (Wildman–Crippen MR) is 90.8 cm³/mol. The summed E-state index contributed by atoms with van der Waals surface area (Å²) in [6.45, 7) is 1.53. The highest BCUT2D eigenvalue weighted by atomic mass is 16.1. The van der Waals surface area contributed by atoms with E-state index in [9.17, 15) is 4.79 Å². The molecule has 1 N–H and O–H groups in total. The molecule has 0 saturated carbocycles. The normalized spacial score (nSPS) is 11.0. The van der Waals surface area contributed by atoms with Gasteiger partial charge in [0, 0.05) is 13.1 Å². The highest BCUT2D eigenvalue weighted by Gasteiger charge is 2.38. The fraction of sp³-hybridized carbons (Fsp3) is 0.100. The number of hydrogen-bond acceptors (Lipinski definition) is 2. The molecule has 0 spiro atoms. The van der Waals surface area contributed by atoms with Gasteiger partial charge < -0.3 is 5.32 Å². The maximum Gasteiger partial charge on any atom is 0.218 e. The van der Waals surface area contributed by atoms with Gasteiger partial charge in [-0.05, 0) is 23.3 Å². The van der Waals surface area contributed by atoms with E-state index in [1.165, 1.54) is 6.92 Å². The number of carbonyl (C=O) groups excluding carboxylic acids is 1. The van der Waals surface area contributed by atoms with Gasteiger partial charge >= 0.3 is 0 Å². The van der Waals surface area contributed by atoms with Crippen molar-refractivity contribution in [3.8, 4) is 0 Å². The largest absolute Gasteiger partial charge is 0.337 e. The van der Waals surface area contributed by atoms with E-state index in [4.69, 9.17) is 0 Å². The lowest BCUT2D eigenvalue weighted by Crippen LogP contribution is -2.47. The van der Waals surface area contributed by atoms with Crippen molar-refractivity contribution < 1.29 is 4.79 Å². The standard InChI is InChI=1S/C20H18N2O/c1-16(23)22-20(17-10-4-2-5-11-17,18-12-6-3-7-13-18)19-14-8-9-15-21-19/h2-15H,1H3,(H,22,23). The summed E-state index contributed by atoms with van der Waals surface area (Å²) in [6, 6.07) is 25.6. The zero-order chi connectivity index (χ0) is 16.1. The molecule has 1 aromatic heterocycles. The monoisotopic (exact) mass is 302 g/mol. The fourth-order valence-electron chi connectivity index (χ4n) is 2.90. The molecule has 3 nitrogen and oxygen atoms in total. The highest BCUT2D eigenvalue weighted by molar-refractivity contribution is 5.76. The molecule has 0 aliphatic carbocycles. The van der Waals surface area contributed by atoms with Crippen LogP contribution in [-0.4, -0.2) is 10.9 Å². The Labute approximate surface area is 136 Å². The summed E-state index contributed by atoms with van der Waals surface area (Å²) in [4.78, 5) is 16.6. The van der Waals surface area contributed by atoms with Crippen LogP contribution in [0.25, 0.3) is 0 Å². The summed E-state index contributed by atoms with van der Waals surface area (Å²) in [7, 11) is 0.